The van der Waals surface area contributed by atoms with Crippen LogP contribution in [0.4, 0.5) is 0 Å². The number of aliphatic imine (C=N–C) groups is 1. The largest absolute Gasteiger partial charge is 0.354 e. The van der Waals surface area contributed by atoms with Crippen LogP contribution in [-0.4, -0.2) is 31.5 Å². The van der Waals surface area contributed by atoms with Crippen molar-refractivity contribution in [3.8, 4) is 0 Å². The van der Waals surface area contributed by atoms with E-state index in [0.717, 1.165) is 24.4 Å². The summed E-state index contributed by atoms with van der Waals surface area (Å²) in [7, 11) is 1.78. The number of hydrogen-bond donors (Lipinski definition) is 3. The van der Waals surface area contributed by atoms with Crippen LogP contribution in [-0.2, 0) is 6.54 Å². The van der Waals surface area contributed by atoms with E-state index >= 15 is 0 Å². The summed E-state index contributed by atoms with van der Waals surface area (Å²) in [5.41, 5.74) is 1.75. The Labute approximate surface area is 152 Å². The highest BCUT2D eigenvalue weighted by Crippen LogP contribution is 2.07. The zero-order valence-electron chi connectivity index (χ0n) is 16.4. The molecule has 0 aliphatic carbocycles. The number of amides is 1. The minimum atomic E-state index is -0.0199. The van der Waals surface area contributed by atoms with Gasteiger partial charge in [-0.2, -0.15) is 0 Å². The molecule has 0 heterocycles. The van der Waals surface area contributed by atoms with Gasteiger partial charge in [0.25, 0.3) is 5.91 Å². The lowest BCUT2D eigenvalue weighted by molar-refractivity contribution is 0.0953. The number of carbonyl (C=O) groups excluding carboxylic acids is 1. The van der Waals surface area contributed by atoms with E-state index < -0.39 is 0 Å². The molecule has 3 N–H and O–H groups in total. The van der Waals surface area contributed by atoms with Gasteiger partial charge in [0.15, 0.2) is 5.96 Å². The number of guanidine groups is 1. The lowest BCUT2D eigenvalue weighted by Gasteiger charge is -2.19. The van der Waals surface area contributed by atoms with E-state index in [1.165, 1.54) is 6.42 Å². The summed E-state index contributed by atoms with van der Waals surface area (Å²) in [5.74, 6) is 1.48. The van der Waals surface area contributed by atoms with E-state index in [1.807, 2.05) is 31.2 Å². The van der Waals surface area contributed by atoms with E-state index in [-0.39, 0.29) is 5.91 Å². The Bertz CT molecular complexity index is 554. The first-order chi connectivity index (χ1) is 12.0. The molecule has 0 spiro atoms. The van der Waals surface area contributed by atoms with Gasteiger partial charge in [0.05, 0.1) is 0 Å². The van der Waals surface area contributed by atoms with Gasteiger partial charge in [-0.05, 0) is 49.8 Å². The van der Waals surface area contributed by atoms with Gasteiger partial charge >= 0.3 is 0 Å². The predicted molar refractivity (Wildman–Crippen MR) is 106 cm³/mol. The van der Waals surface area contributed by atoms with Crippen LogP contribution in [0.15, 0.2) is 29.3 Å². The molecular formula is C20H34N4O. The lowest BCUT2D eigenvalue weighted by atomic mass is 10.0. The van der Waals surface area contributed by atoms with Crippen molar-refractivity contribution in [2.24, 2.45) is 10.9 Å². The summed E-state index contributed by atoms with van der Waals surface area (Å²) in [6, 6.07) is 8.07. The van der Waals surface area contributed by atoms with E-state index in [1.54, 1.807) is 7.05 Å². The maximum atomic E-state index is 12.1. The van der Waals surface area contributed by atoms with E-state index in [0.29, 0.717) is 30.6 Å². The average Bonchev–Trinajstić information content (AvgIpc) is 2.61. The van der Waals surface area contributed by atoms with Crippen molar-refractivity contribution in [1.29, 1.82) is 0 Å². The highest BCUT2D eigenvalue weighted by atomic mass is 16.1. The molecule has 0 aliphatic heterocycles. The SMILES string of the molecule is CCCNC(=O)c1cccc(CNC(=NC)NC(C)CCC(C)C)c1. The van der Waals surface area contributed by atoms with Crippen LogP contribution in [0.25, 0.3) is 0 Å². The third-order valence-corrected chi connectivity index (χ3v) is 3.97. The van der Waals surface area contributed by atoms with Crippen molar-refractivity contribution in [1.82, 2.24) is 16.0 Å². The average molecular weight is 347 g/mol. The molecule has 1 amide bonds. The Hall–Kier alpha value is -2.04. The van der Waals surface area contributed by atoms with Gasteiger partial charge in [-0.1, -0.05) is 32.9 Å². The molecule has 0 saturated carbocycles. The Morgan fingerprint density at radius 1 is 1.16 bits per heavy atom. The second kappa shape index (κ2) is 11.5. The molecule has 1 aromatic rings. The van der Waals surface area contributed by atoms with Gasteiger partial charge in [0.1, 0.15) is 0 Å². The topological polar surface area (TPSA) is 65.5 Å². The molecule has 25 heavy (non-hydrogen) atoms. The Kier molecular flexibility index (Phi) is 9.66. The van der Waals surface area contributed by atoms with Gasteiger partial charge in [0.2, 0.25) is 0 Å². The summed E-state index contributed by atoms with van der Waals surface area (Å²) in [6.07, 6.45) is 3.25. The maximum absolute atomic E-state index is 12.1. The third-order valence-electron chi connectivity index (χ3n) is 3.97. The van der Waals surface area contributed by atoms with E-state index in [4.69, 9.17) is 0 Å². The van der Waals surface area contributed by atoms with Crippen molar-refractivity contribution in [3.05, 3.63) is 35.4 Å². The fourth-order valence-electron chi connectivity index (χ4n) is 2.43. The highest BCUT2D eigenvalue weighted by Gasteiger charge is 2.08. The number of benzene rings is 1. The van der Waals surface area contributed by atoms with Crippen molar-refractivity contribution >= 4 is 11.9 Å². The first-order valence-electron chi connectivity index (χ1n) is 9.30. The summed E-state index contributed by atoms with van der Waals surface area (Å²) in [6.45, 7) is 10.0. The van der Waals surface area contributed by atoms with Gasteiger partial charge in [-0.15, -0.1) is 0 Å². The molecule has 0 radical (unpaired) electrons. The van der Waals surface area contributed by atoms with Crippen LogP contribution in [0, 0.1) is 5.92 Å². The maximum Gasteiger partial charge on any atom is 0.251 e. The normalized spacial score (nSPS) is 12.8. The number of hydrogen-bond acceptors (Lipinski definition) is 2. The third kappa shape index (κ3) is 8.57. The second-order valence-electron chi connectivity index (χ2n) is 6.90. The minimum absolute atomic E-state index is 0.0199. The summed E-state index contributed by atoms with van der Waals surface area (Å²) >= 11 is 0. The summed E-state index contributed by atoms with van der Waals surface area (Å²) < 4.78 is 0. The number of nitrogens with one attached hydrogen (secondary N) is 3. The van der Waals surface area contributed by atoms with Crippen LogP contribution in [0.5, 0.6) is 0 Å². The molecule has 1 atom stereocenters. The van der Waals surface area contributed by atoms with Crippen molar-refractivity contribution in [2.75, 3.05) is 13.6 Å². The predicted octanol–water partition coefficient (Wildman–Crippen LogP) is 3.32. The lowest BCUT2D eigenvalue weighted by Crippen LogP contribution is -2.42. The zero-order valence-corrected chi connectivity index (χ0v) is 16.4. The van der Waals surface area contributed by atoms with Gasteiger partial charge in [0, 0.05) is 31.7 Å². The minimum Gasteiger partial charge on any atom is -0.354 e. The molecule has 0 fully saturated rings. The van der Waals surface area contributed by atoms with Crippen LogP contribution >= 0.6 is 0 Å². The fourth-order valence-corrected chi connectivity index (χ4v) is 2.43. The standard InChI is InChI=1S/C20H34N4O/c1-6-12-22-19(25)18-9-7-8-17(13-18)14-23-20(21-5)24-16(4)11-10-15(2)3/h7-9,13,15-16H,6,10-12,14H2,1-5H3,(H,22,25)(H2,21,23,24). The quantitative estimate of drug-likeness (QED) is 0.475. The van der Waals surface area contributed by atoms with Crippen molar-refractivity contribution in [3.63, 3.8) is 0 Å². The van der Waals surface area contributed by atoms with Crippen molar-refractivity contribution < 1.29 is 4.79 Å². The van der Waals surface area contributed by atoms with Gasteiger partial charge in [-0.25, -0.2) is 0 Å². The molecule has 0 bridgehead atoms. The molecule has 1 rings (SSSR count). The second-order valence-corrected chi connectivity index (χ2v) is 6.90. The van der Waals surface area contributed by atoms with E-state index in [2.05, 4.69) is 41.7 Å². The smallest absolute Gasteiger partial charge is 0.251 e. The number of nitrogens with zero attached hydrogens (tertiary/aromatic N) is 1. The molecule has 0 aliphatic rings. The summed E-state index contributed by atoms with van der Waals surface area (Å²) in [4.78, 5) is 16.3. The molecule has 140 valence electrons. The Balaban J connectivity index is 2.53. The molecule has 1 aromatic carbocycles. The molecule has 0 saturated heterocycles. The Morgan fingerprint density at radius 2 is 1.92 bits per heavy atom. The van der Waals surface area contributed by atoms with E-state index in [9.17, 15) is 4.79 Å². The first kappa shape index (κ1) is 21.0. The first-order valence-corrected chi connectivity index (χ1v) is 9.30. The monoisotopic (exact) mass is 346 g/mol. The highest BCUT2D eigenvalue weighted by molar-refractivity contribution is 5.94. The fraction of sp³-hybridized carbons (Fsp3) is 0.600. The van der Waals surface area contributed by atoms with Crippen LogP contribution < -0.4 is 16.0 Å². The summed E-state index contributed by atoms with van der Waals surface area (Å²) in [5, 5.41) is 9.64. The zero-order chi connectivity index (χ0) is 18.7. The molecular weight excluding hydrogens is 312 g/mol. The number of carbonyl (C=O) groups is 1. The van der Waals surface area contributed by atoms with Gasteiger partial charge in [-0.3, -0.25) is 9.79 Å². The number of rotatable bonds is 9. The van der Waals surface area contributed by atoms with Crippen molar-refractivity contribution in [2.45, 2.75) is 59.5 Å². The molecule has 5 heteroatoms. The molecule has 5 nitrogen and oxygen atoms in total. The van der Waals surface area contributed by atoms with Gasteiger partial charge < -0.3 is 16.0 Å². The molecule has 1 unspecified atom stereocenters. The van der Waals surface area contributed by atoms with Crippen LogP contribution in [0.3, 0.4) is 0 Å². The van der Waals surface area contributed by atoms with Crippen LogP contribution in [0.2, 0.25) is 0 Å². The Morgan fingerprint density at radius 3 is 2.56 bits per heavy atom. The van der Waals surface area contributed by atoms with Crippen LogP contribution in [0.1, 0.15) is 62.9 Å². The molecule has 0 aromatic heterocycles.